The van der Waals surface area contributed by atoms with Gasteiger partial charge in [-0.2, -0.15) is 0 Å². The molecule has 3 rings (SSSR count). The summed E-state index contributed by atoms with van der Waals surface area (Å²) in [5, 5.41) is 0.556. The van der Waals surface area contributed by atoms with Gasteiger partial charge in [0.15, 0.2) is 0 Å². The van der Waals surface area contributed by atoms with E-state index >= 15 is 0 Å². The van der Waals surface area contributed by atoms with E-state index < -0.39 is 21.9 Å². The Bertz CT molecular complexity index is 1100. The van der Waals surface area contributed by atoms with Crippen LogP contribution in [0.3, 0.4) is 0 Å². The Morgan fingerprint density at radius 2 is 1.62 bits per heavy atom. The minimum Gasteiger partial charge on any atom is -0.497 e. The monoisotopic (exact) mass is 433 g/mol. The number of anilines is 1. The molecule has 0 N–H and O–H groups in total. The molecule has 1 unspecified atom stereocenters. The molecule has 0 heterocycles. The molecule has 7 heteroatoms. The van der Waals surface area contributed by atoms with E-state index in [4.69, 9.17) is 16.3 Å². The molecule has 0 aliphatic carbocycles. The Morgan fingerprint density at radius 1 is 1.00 bits per heavy atom. The Labute approximate surface area is 175 Å². The second-order valence-corrected chi connectivity index (χ2v) is 8.89. The fraction of sp³-hybridized carbons (Fsp3) is 0.182. The van der Waals surface area contributed by atoms with Gasteiger partial charge in [-0.1, -0.05) is 29.8 Å². The fourth-order valence-corrected chi connectivity index (χ4v) is 4.81. The van der Waals surface area contributed by atoms with Crippen molar-refractivity contribution in [2.24, 2.45) is 0 Å². The van der Waals surface area contributed by atoms with E-state index in [1.807, 2.05) is 0 Å². The van der Waals surface area contributed by atoms with Crippen molar-refractivity contribution in [3.8, 4) is 5.75 Å². The average molecular weight is 434 g/mol. The number of methoxy groups -OCH3 is 1. The second-order valence-electron chi connectivity index (χ2n) is 6.64. The van der Waals surface area contributed by atoms with Gasteiger partial charge in [0, 0.05) is 5.02 Å². The highest BCUT2D eigenvalue weighted by Crippen LogP contribution is 2.35. The van der Waals surface area contributed by atoms with Crippen molar-refractivity contribution in [2.45, 2.75) is 24.8 Å². The first-order chi connectivity index (χ1) is 13.7. The van der Waals surface area contributed by atoms with E-state index in [2.05, 4.69) is 0 Å². The number of rotatable bonds is 6. The number of ether oxygens (including phenoxy) is 1. The van der Waals surface area contributed by atoms with Crippen LogP contribution in [-0.4, -0.2) is 15.5 Å². The van der Waals surface area contributed by atoms with Crippen molar-refractivity contribution in [3.63, 3.8) is 0 Å². The van der Waals surface area contributed by atoms with Crippen LogP contribution in [0.25, 0.3) is 0 Å². The number of hydrogen-bond acceptors (Lipinski definition) is 3. The summed E-state index contributed by atoms with van der Waals surface area (Å²) < 4.78 is 47.6. The smallest absolute Gasteiger partial charge is 0.264 e. The van der Waals surface area contributed by atoms with Gasteiger partial charge in [0.2, 0.25) is 0 Å². The first kappa shape index (κ1) is 21.1. The van der Waals surface area contributed by atoms with E-state index in [9.17, 15) is 12.8 Å². The Kier molecular flexibility index (Phi) is 6.15. The van der Waals surface area contributed by atoms with E-state index in [1.165, 1.54) is 23.5 Å². The third kappa shape index (κ3) is 4.38. The normalized spacial score (nSPS) is 12.4. The van der Waals surface area contributed by atoms with Crippen LogP contribution in [0.5, 0.6) is 5.75 Å². The maximum Gasteiger partial charge on any atom is 0.264 e. The largest absolute Gasteiger partial charge is 0.497 e. The first-order valence-electron chi connectivity index (χ1n) is 8.94. The average Bonchev–Trinajstić information content (AvgIpc) is 2.71. The standard InChI is InChI=1S/C22H21ClFNO3S/c1-15-4-13-21(14-22(15)24)29(26,27)25(19-9-11-20(28-3)12-10-19)16(2)17-5-7-18(23)8-6-17/h4-14,16H,1-3H3. The van der Waals surface area contributed by atoms with Crippen molar-refractivity contribution in [1.82, 2.24) is 0 Å². The van der Waals surface area contributed by atoms with Crippen molar-refractivity contribution in [2.75, 3.05) is 11.4 Å². The third-order valence-electron chi connectivity index (χ3n) is 4.73. The maximum atomic E-state index is 14.1. The summed E-state index contributed by atoms with van der Waals surface area (Å²) in [6, 6.07) is 17.0. The van der Waals surface area contributed by atoms with Gasteiger partial charge in [-0.15, -0.1) is 0 Å². The van der Waals surface area contributed by atoms with Gasteiger partial charge < -0.3 is 4.74 Å². The highest BCUT2D eigenvalue weighted by molar-refractivity contribution is 7.92. The second kappa shape index (κ2) is 8.43. The number of halogens is 2. The number of aryl methyl sites for hydroxylation is 1. The molecule has 0 aliphatic heterocycles. The molecule has 0 aliphatic rings. The molecule has 3 aromatic rings. The number of benzene rings is 3. The zero-order chi connectivity index (χ0) is 21.2. The zero-order valence-corrected chi connectivity index (χ0v) is 17.8. The molecule has 0 amide bonds. The topological polar surface area (TPSA) is 46.6 Å². The predicted octanol–water partition coefficient (Wildman–Crippen LogP) is 5.75. The third-order valence-corrected chi connectivity index (χ3v) is 6.88. The molecular weight excluding hydrogens is 413 g/mol. The van der Waals surface area contributed by atoms with Crippen molar-refractivity contribution in [1.29, 1.82) is 0 Å². The lowest BCUT2D eigenvalue weighted by Gasteiger charge is -2.31. The molecule has 0 bridgehead atoms. The molecule has 3 aromatic carbocycles. The Morgan fingerprint density at radius 3 is 2.17 bits per heavy atom. The highest BCUT2D eigenvalue weighted by atomic mass is 35.5. The van der Waals surface area contributed by atoms with Crippen LogP contribution in [0.15, 0.2) is 71.6 Å². The lowest BCUT2D eigenvalue weighted by Crippen LogP contribution is -2.33. The highest BCUT2D eigenvalue weighted by Gasteiger charge is 2.31. The molecule has 0 fully saturated rings. The summed E-state index contributed by atoms with van der Waals surface area (Å²) in [5.74, 6) is 0.0338. The fourth-order valence-electron chi connectivity index (χ4n) is 3.02. The molecule has 1 atom stereocenters. The van der Waals surface area contributed by atoms with Gasteiger partial charge in [-0.05, 0) is 73.5 Å². The maximum absolute atomic E-state index is 14.1. The van der Waals surface area contributed by atoms with E-state index in [1.54, 1.807) is 62.4 Å². The predicted molar refractivity (Wildman–Crippen MR) is 114 cm³/mol. The quantitative estimate of drug-likeness (QED) is 0.497. The van der Waals surface area contributed by atoms with Crippen LogP contribution >= 0.6 is 11.6 Å². The van der Waals surface area contributed by atoms with Gasteiger partial charge in [0.05, 0.1) is 23.7 Å². The van der Waals surface area contributed by atoms with Crippen LogP contribution in [0, 0.1) is 12.7 Å². The number of nitrogens with zero attached hydrogens (tertiary/aromatic N) is 1. The molecular formula is C22H21ClFNO3S. The van der Waals surface area contributed by atoms with Gasteiger partial charge in [-0.25, -0.2) is 12.8 Å². The van der Waals surface area contributed by atoms with Gasteiger partial charge in [0.1, 0.15) is 11.6 Å². The van der Waals surface area contributed by atoms with Crippen molar-refractivity contribution in [3.05, 3.63) is 88.7 Å². The van der Waals surface area contributed by atoms with E-state index in [-0.39, 0.29) is 4.90 Å². The first-order valence-corrected chi connectivity index (χ1v) is 10.8. The van der Waals surface area contributed by atoms with Gasteiger partial charge in [-0.3, -0.25) is 4.31 Å². The van der Waals surface area contributed by atoms with E-state index in [0.717, 1.165) is 11.6 Å². The zero-order valence-electron chi connectivity index (χ0n) is 16.3. The number of hydrogen-bond donors (Lipinski definition) is 0. The van der Waals surface area contributed by atoms with Crippen LogP contribution in [0.4, 0.5) is 10.1 Å². The molecule has 0 saturated heterocycles. The number of sulfonamides is 1. The molecule has 0 saturated carbocycles. The molecule has 29 heavy (non-hydrogen) atoms. The molecule has 0 radical (unpaired) electrons. The van der Waals surface area contributed by atoms with Crippen molar-refractivity contribution < 1.29 is 17.5 Å². The van der Waals surface area contributed by atoms with Crippen molar-refractivity contribution >= 4 is 27.3 Å². The summed E-state index contributed by atoms with van der Waals surface area (Å²) >= 11 is 5.98. The van der Waals surface area contributed by atoms with Crippen LogP contribution in [0.2, 0.25) is 5.02 Å². The molecule has 4 nitrogen and oxygen atoms in total. The summed E-state index contributed by atoms with van der Waals surface area (Å²) in [7, 11) is -2.51. The summed E-state index contributed by atoms with van der Waals surface area (Å²) in [4.78, 5) is -0.114. The van der Waals surface area contributed by atoms with Crippen LogP contribution < -0.4 is 9.04 Å². The van der Waals surface area contributed by atoms with Gasteiger partial charge in [0.25, 0.3) is 10.0 Å². The SMILES string of the molecule is COc1ccc(N(C(C)c2ccc(Cl)cc2)S(=O)(=O)c2ccc(C)c(F)c2)cc1. The Hall–Kier alpha value is -2.57. The van der Waals surface area contributed by atoms with Crippen LogP contribution in [0.1, 0.15) is 24.1 Å². The lowest BCUT2D eigenvalue weighted by atomic mass is 10.1. The summed E-state index contributed by atoms with van der Waals surface area (Å²) in [5.41, 5.74) is 1.57. The molecule has 152 valence electrons. The minimum atomic E-state index is -4.05. The minimum absolute atomic E-state index is 0.114. The van der Waals surface area contributed by atoms with Gasteiger partial charge >= 0.3 is 0 Å². The summed E-state index contributed by atoms with van der Waals surface area (Å²) in [6.07, 6.45) is 0. The van der Waals surface area contributed by atoms with E-state index in [0.29, 0.717) is 22.0 Å². The molecule has 0 spiro atoms. The lowest BCUT2D eigenvalue weighted by molar-refractivity contribution is 0.415. The molecule has 0 aromatic heterocycles. The Balaban J connectivity index is 2.15. The summed E-state index contributed by atoms with van der Waals surface area (Å²) in [6.45, 7) is 3.36. The van der Waals surface area contributed by atoms with Crippen LogP contribution in [-0.2, 0) is 10.0 Å².